The van der Waals surface area contributed by atoms with Crippen molar-refractivity contribution >= 4 is 21.7 Å². The van der Waals surface area contributed by atoms with Crippen LogP contribution in [0.5, 0.6) is 11.5 Å². The lowest BCUT2D eigenvalue weighted by Crippen LogP contribution is -1.98. The zero-order valence-electron chi connectivity index (χ0n) is 9.89. The van der Waals surface area contributed by atoms with Crippen LogP contribution in [0.1, 0.15) is 5.56 Å². The highest BCUT2D eigenvalue weighted by Crippen LogP contribution is 2.29. The maximum Gasteiger partial charge on any atom is 0.134 e. The number of nitrogens with two attached hydrogens (primary N) is 1. The number of aromatic nitrogens is 1. The van der Waals surface area contributed by atoms with Crippen LogP contribution in [0.15, 0.2) is 41.0 Å². The first kappa shape index (κ1) is 12.7. The number of pyridine rings is 1. The van der Waals surface area contributed by atoms with Gasteiger partial charge < -0.3 is 15.2 Å². The molecule has 0 aliphatic carbocycles. The molecule has 0 aliphatic heterocycles. The third-order valence-corrected chi connectivity index (χ3v) is 3.00. The summed E-state index contributed by atoms with van der Waals surface area (Å²) in [6, 6.07) is 9.20. The summed E-state index contributed by atoms with van der Waals surface area (Å²) in [5.41, 5.74) is 6.48. The second kappa shape index (κ2) is 5.73. The highest BCUT2D eigenvalue weighted by Gasteiger charge is 2.03. The van der Waals surface area contributed by atoms with E-state index in [0.717, 1.165) is 21.5 Å². The fourth-order valence-corrected chi connectivity index (χ4v) is 1.88. The standard InChI is InChI=1S/C13H13BrN2O2/c1-17-10-3-4-12(11(14)6-10)18-8-9-2-5-13(15)16-7-9/h2-7H,8H2,1H3,(H2,15,16). The van der Waals surface area contributed by atoms with Crippen LogP contribution in [-0.2, 0) is 6.61 Å². The molecule has 18 heavy (non-hydrogen) atoms. The minimum atomic E-state index is 0.443. The molecule has 0 aliphatic rings. The van der Waals surface area contributed by atoms with Crippen molar-refractivity contribution in [2.24, 2.45) is 0 Å². The van der Waals surface area contributed by atoms with E-state index < -0.39 is 0 Å². The second-order valence-corrected chi connectivity index (χ2v) is 4.53. The van der Waals surface area contributed by atoms with Gasteiger partial charge in [0.1, 0.15) is 23.9 Å². The van der Waals surface area contributed by atoms with Crippen molar-refractivity contribution in [2.75, 3.05) is 12.8 Å². The Balaban J connectivity index is 2.04. The number of rotatable bonds is 4. The number of methoxy groups -OCH3 is 1. The molecule has 0 unspecified atom stereocenters. The van der Waals surface area contributed by atoms with E-state index in [2.05, 4.69) is 20.9 Å². The van der Waals surface area contributed by atoms with Gasteiger partial charge in [-0.05, 0) is 40.2 Å². The minimum Gasteiger partial charge on any atom is -0.497 e. The number of benzene rings is 1. The summed E-state index contributed by atoms with van der Waals surface area (Å²) >= 11 is 3.43. The maximum absolute atomic E-state index is 5.68. The molecule has 2 N–H and O–H groups in total. The zero-order chi connectivity index (χ0) is 13.0. The summed E-state index contributed by atoms with van der Waals surface area (Å²) in [4.78, 5) is 4.01. The Morgan fingerprint density at radius 3 is 2.72 bits per heavy atom. The minimum absolute atomic E-state index is 0.443. The molecule has 5 heteroatoms. The number of nitrogens with zero attached hydrogens (tertiary/aromatic N) is 1. The van der Waals surface area contributed by atoms with E-state index in [0.29, 0.717) is 12.4 Å². The molecule has 1 aromatic heterocycles. The summed E-state index contributed by atoms with van der Waals surface area (Å²) in [7, 11) is 1.63. The van der Waals surface area contributed by atoms with E-state index >= 15 is 0 Å². The maximum atomic E-state index is 5.68. The molecular formula is C13H13BrN2O2. The van der Waals surface area contributed by atoms with E-state index in [1.165, 1.54) is 0 Å². The molecule has 0 spiro atoms. The van der Waals surface area contributed by atoms with Gasteiger partial charge in [0.2, 0.25) is 0 Å². The average Bonchev–Trinajstić information content (AvgIpc) is 2.39. The van der Waals surface area contributed by atoms with Crippen LogP contribution >= 0.6 is 15.9 Å². The molecule has 0 fully saturated rings. The number of ether oxygens (including phenoxy) is 2. The van der Waals surface area contributed by atoms with Gasteiger partial charge in [-0.25, -0.2) is 4.98 Å². The van der Waals surface area contributed by atoms with E-state index in [9.17, 15) is 0 Å². The summed E-state index contributed by atoms with van der Waals surface area (Å²) in [5, 5.41) is 0. The van der Waals surface area contributed by atoms with Crippen LogP contribution in [0.4, 0.5) is 5.82 Å². The van der Waals surface area contributed by atoms with E-state index in [1.807, 2.05) is 24.3 Å². The van der Waals surface area contributed by atoms with Crippen LogP contribution in [-0.4, -0.2) is 12.1 Å². The summed E-state index contributed by atoms with van der Waals surface area (Å²) in [6.45, 7) is 0.443. The molecule has 0 saturated carbocycles. The van der Waals surface area contributed by atoms with Crippen molar-refractivity contribution in [3.05, 3.63) is 46.6 Å². The molecule has 0 bridgehead atoms. The van der Waals surface area contributed by atoms with E-state index in [1.54, 1.807) is 19.4 Å². The van der Waals surface area contributed by atoms with Crippen molar-refractivity contribution in [3.8, 4) is 11.5 Å². The van der Waals surface area contributed by atoms with Crippen molar-refractivity contribution < 1.29 is 9.47 Å². The van der Waals surface area contributed by atoms with Gasteiger partial charge in [-0.2, -0.15) is 0 Å². The van der Waals surface area contributed by atoms with E-state index in [-0.39, 0.29) is 0 Å². The lowest BCUT2D eigenvalue weighted by atomic mass is 10.3. The molecule has 0 radical (unpaired) electrons. The molecule has 0 saturated heterocycles. The number of nitrogen functional groups attached to an aromatic ring is 1. The lowest BCUT2D eigenvalue weighted by Gasteiger charge is -2.09. The fourth-order valence-electron chi connectivity index (χ4n) is 1.41. The molecule has 2 rings (SSSR count). The summed E-state index contributed by atoms with van der Waals surface area (Å²) < 4.78 is 11.6. The number of halogens is 1. The van der Waals surface area contributed by atoms with Gasteiger partial charge in [0, 0.05) is 11.8 Å². The van der Waals surface area contributed by atoms with Crippen LogP contribution in [0.3, 0.4) is 0 Å². The quantitative estimate of drug-likeness (QED) is 0.943. The van der Waals surface area contributed by atoms with Crippen molar-refractivity contribution in [1.82, 2.24) is 4.98 Å². The first-order valence-electron chi connectivity index (χ1n) is 5.36. The van der Waals surface area contributed by atoms with Gasteiger partial charge >= 0.3 is 0 Å². The van der Waals surface area contributed by atoms with Crippen LogP contribution in [0.25, 0.3) is 0 Å². The molecule has 0 atom stereocenters. The highest BCUT2D eigenvalue weighted by atomic mass is 79.9. The first-order valence-corrected chi connectivity index (χ1v) is 6.15. The van der Waals surface area contributed by atoms with Crippen molar-refractivity contribution in [1.29, 1.82) is 0 Å². The Labute approximate surface area is 114 Å². The molecule has 0 amide bonds. The molecule has 2 aromatic rings. The number of anilines is 1. The predicted molar refractivity (Wildman–Crippen MR) is 73.7 cm³/mol. The fraction of sp³-hybridized carbons (Fsp3) is 0.154. The van der Waals surface area contributed by atoms with Gasteiger partial charge in [0.15, 0.2) is 0 Å². The van der Waals surface area contributed by atoms with Gasteiger partial charge in [-0.1, -0.05) is 6.07 Å². The summed E-state index contributed by atoms with van der Waals surface area (Å²) in [6.07, 6.45) is 1.70. The monoisotopic (exact) mass is 308 g/mol. The predicted octanol–water partition coefficient (Wildman–Crippen LogP) is 3.01. The molecule has 1 aromatic carbocycles. The Morgan fingerprint density at radius 1 is 1.28 bits per heavy atom. The van der Waals surface area contributed by atoms with Crippen LogP contribution in [0.2, 0.25) is 0 Å². The third kappa shape index (κ3) is 3.13. The number of hydrogen-bond acceptors (Lipinski definition) is 4. The molecule has 4 nitrogen and oxygen atoms in total. The largest absolute Gasteiger partial charge is 0.497 e. The lowest BCUT2D eigenvalue weighted by molar-refractivity contribution is 0.303. The Bertz CT molecular complexity index is 529. The third-order valence-electron chi connectivity index (χ3n) is 2.38. The topological polar surface area (TPSA) is 57.4 Å². The Hall–Kier alpha value is -1.75. The average molecular weight is 309 g/mol. The molecular weight excluding hydrogens is 296 g/mol. The van der Waals surface area contributed by atoms with Gasteiger partial charge in [0.05, 0.1) is 11.6 Å². The second-order valence-electron chi connectivity index (χ2n) is 3.68. The zero-order valence-corrected chi connectivity index (χ0v) is 11.5. The number of hydrogen-bond donors (Lipinski definition) is 1. The van der Waals surface area contributed by atoms with Crippen LogP contribution < -0.4 is 15.2 Å². The van der Waals surface area contributed by atoms with E-state index in [4.69, 9.17) is 15.2 Å². The Morgan fingerprint density at radius 2 is 2.11 bits per heavy atom. The van der Waals surface area contributed by atoms with Crippen LogP contribution in [0, 0.1) is 0 Å². The molecule has 1 heterocycles. The molecule has 94 valence electrons. The first-order chi connectivity index (χ1) is 8.69. The van der Waals surface area contributed by atoms with Gasteiger partial charge in [0.25, 0.3) is 0 Å². The highest BCUT2D eigenvalue weighted by molar-refractivity contribution is 9.10. The Kier molecular flexibility index (Phi) is 4.04. The normalized spacial score (nSPS) is 10.1. The smallest absolute Gasteiger partial charge is 0.134 e. The summed E-state index contributed by atoms with van der Waals surface area (Å²) in [5.74, 6) is 2.04. The van der Waals surface area contributed by atoms with Crippen molar-refractivity contribution in [2.45, 2.75) is 6.61 Å². The van der Waals surface area contributed by atoms with Crippen molar-refractivity contribution in [3.63, 3.8) is 0 Å². The SMILES string of the molecule is COc1ccc(OCc2ccc(N)nc2)c(Br)c1. The van der Waals surface area contributed by atoms with Gasteiger partial charge in [-0.3, -0.25) is 0 Å². The van der Waals surface area contributed by atoms with Gasteiger partial charge in [-0.15, -0.1) is 0 Å².